The minimum absolute atomic E-state index is 0.223. The summed E-state index contributed by atoms with van der Waals surface area (Å²) in [7, 11) is 1.98. The number of aliphatic hydroxyl groups excluding tert-OH is 1. The Hall–Kier alpha value is -2.90. The van der Waals surface area contributed by atoms with Crippen molar-refractivity contribution in [2.24, 2.45) is 0 Å². The van der Waals surface area contributed by atoms with Crippen LogP contribution in [-0.4, -0.2) is 52.7 Å². The van der Waals surface area contributed by atoms with Crippen LogP contribution in [0.25, 0.3) is 0 Å². The van der Waals surface area contributed by atoms with E-state index in [1.807, 2.05) is 62.8 Å². The smallest absolute Gasteiger partial charge is 0.128 e. The molecule has 0 fully saturated rings. The van der Waals surface area contributed by atoms with Gasteiger partial charge >= 0.3 is 0 Å². The van der Waals surface area contributed by atoms with E-state index < -0.39 is 6.10 Å². The number of ether oxygens (including phenoxy) is 2. The molecule has 33 heavy (non-hydrogen) atoms. The van der Waals surface area contributed by atoms with E-state index in [9.17, 15) is 9.50 Å². The fourth-order valence-electron chi connectivity index (χ4n) is 3.80. The monoisotopic (exact) mass is 455 g/mol. The SMILES string of the molecule is CCOc1ccc(OCCC(O)CN(C)Cc2c(C)nn(Cc3ccccc3F)c2C)cc1. The lowest BCUT2D eigenvalue weighted by Gasteiger charge is -2.21. The van der Waals surface area contributed by atoms with Gasteiger partial charge in [0.1, 0.15) is 17.3 Å². The zero-order valence-corrected chi connectivity index (χ0v) is 19.9. The van der Waals surface area contributed by atoms with E-state index in [-0.39, 0.29) is 5.82 Å². The molecule has 0 aliphatic rings. The zero-order chi connectivity index (χ0) is 23.8. The molecule has 1 N–H and O–H groups in total. The molecule has 0 bridgehead atoms. The molecule has 7 heteroatoms. The summed E-state index contributed by atoms with van der Waals surface area (Å²) in [5.74, 6) is 1.35. The Morgan fingerprint density at radius 2 is 1.73 bits per heavy atom. The highest BCUT2D eigenvalue weighted by Gasteiger charge is 2.16. The predicted octanol–water partition coefficient (Wildman–Crippen LogP) is 4.35. The Bertz CT molecular complexity index is 1020. The molecular weight excluding hydrogens is 421 g/mol. The van der Waals surface area contributed by atoms with Gasteiger partial charge in [-0.3, -0.25) is 9.58 Å². The van der Waals surface area contributed by atoms with Crippen LogP contribution in [0.1, 0.15) is 35.9 Å². The highest BCUT2D eigenvalue weighted by atomic mass is 19.1. The predicted molar refractivity (Wildman–Crippen MR) is 127 cm³/mol. The quantitative estimate of drug-likeness (QED) is 0.440. The molecule has 1 aromatic heterocycles. The van der Waals surface area contributed by atoms with Gasteiger partial charge in [-0.15, -0.1) is 0 Å². The second-order valence-electron chi connectivity index (χ2n) is 8.29. The third-order valence-electron chi connectivity index (χ3n) is 5.61. The third-order valence-corrected chi connectivity index (χ3v) is 5.61. The van der Waals surface area contributed by atoms with Gasteiger partial charge in [-0.05, 0) is 58.2 Å². The number of nitrogens with zero attached hydrogens (tertiary/aromatic N) is 3. The number of aryl methyl sites for hydroxylation is 1. The second-order valence-corrected chi connectivity index (χ2v) is 8.29. The van der Waals surface area contributed by atoms with Crippen molar-refractivity contribution in [3.8, 4) is 11.5 Å². The van der Waals surface area contributed by atoms with E-state index in [2.05, 4.69) is 10.00 Å². The van der Waals surface area contributed by atoms with Gasteiger partial charge < -0.3 is 14.6 Å². The molecule has 1 unspecified atom stereocenters. The maximum absolute atomic E-state index is 14.0. The Balaban J connectivity index is 1.48. The summed E-state index contributed by atoms with van der Waals surface area (Å²) in [6.45, 7) is 8.56. The molecule has 0 amide bonds. The molecule has 1 atom stereocenters. The van der Waals surface area contributed by atoms with E-state index >= 15 is 0 Å². The van der Waals surface area contributed by atoms with Crippen LogP contribution in [0, 0.1) is 19.7 Å². The average molecular weight is 456 g/mol. The Labute approximate surface area is 195 Å². The van der Waals surface area contributed by atoms with Gasteiger partial charge in [0.05, 0.1) is 31.6 Å². The standard InChI is InChI=1S/C26H34FN3O3/c1-5-32-23-10-12-24(13-11-23)33-15-14-22(31)17-29(4)18-25-19(2)28-30(20(25)3)16-21-8-6-7-9-26(21)27/h6-13,22,31H,5,14-18H2,1-4H3. The summed E-state index contributed by atoms with van der Waals surface area (Å²) in [4.78, 5) is 2.08. The lowest BCUT2D eigenvalue weighted by molar-refractivity contribution is 0.0989. The molecule has 6 nitrogen and oxygen atoms in total. The number of halogens is 1. The first-order valence-corrected chi connectivity index (χ1v) is 11.4. The first-order chi connectivity index (χ1) is 15.9. The summed E-state index contributed by atoms with van der Waals surface area (Å²) in [5, 5.41) is 15.1. The van der Waals surface area contributed by atoms with E-state index in [1.165, 1.54) is 6.07 Å². The van der Waals surface area contributed by atoms with Gasteiger partial charge in [0.2, 0.25) is 0 Å². The van der Waals surface area contributed by atoms with Gasteiger partial charge in [-0.25, -0.2) is 4.39 Å². The second kappa shape index (κ2) is 11.8. The minimum atomic E-state index is -0.508. The van der Waals surface area contributed by atoms with Crippen LogP contribution >= 0.6 is 0 Å². The van der Waals surface area contributed by atoms with Crippen LogP contribution in [0.4, 0.5) is 4.39 Å². The van der Waals surface area contributed by atoms with Crippen molar-refractivity contribution in [3.05, 3.63) is 76.9 Å². The van der Waals surface area contributed by atoms with E-state index in [0.29, 0.717) is 44.8 Å². The molecule has 0 aliphatic carbocycles. The van der Waals surface area contributed by atoms with E-state index in [4.69, 9.17) is 9.47 Å². The molecular formula is C26H34FN3O3. The molecule has 0 radical (unpaired) electrons. The van der Waals surface area contributed by atoms with E-state index in [0.717, 1.165) is 28.5 Å². The Morgan fingerprint density at radius 3 is 2.39 bits per heavy atom. The highest BCUT2D eigenvalue weighted by Crippen LogP contribution is 2.19. The van der Waals surface area contributed by atoms with E-state index in [1.54, 1.807) is 12.1 Å². The van der Waals surface area contributed by atoms with Gasteiger partial charge in [-0.1, -0.05) is 18.2 Å². The molecule has 1 heterocycles. The molecule has 0 saturated carbocycles. The highest BCUT2D eigenvalue weighted by molar-refractivity contribution is 5.31. The Kier molecular flexibility index (Phi) is 8.86. The molecule has 0 aliphatic heterocycles. The maximum atomic E-state index is 14.0. The zero-order valence-electron chi connectivity index (χ0n) is 19.9. The number of hydrogen-bond donors (Lipinski definition) is 1. The molecule has 3 rings (SSSR count). The number of aromatic nitrogens is 2. The van der Waals surface area contributed by atoms with Crippen LogP contribution in [0.5, 0.6) is 11.5 Å². The first-order valence-electron chi connectivity index (χ1n) is 11.4. The van der Waals surface area contributed by atoms with Gasteiger partial charge in [-0.2, -0.15) is 5.10 Å². The van der Waals surface area contributed by atoms with Crippen LogP contribution in [-0.2, 0) is 13.1 Å². The largest absolute Gasteiger partial charge is 0.494 e. The lowest BCUT2D eigenvalue weighted by Crippen LogP contribution is -2.30. The average Bonchev–Trinajstić information content (AvgIpc) is 3.04. The van der Waals surface area contributed by atoms with Gasteiger partial charge in [0.15, 0.2) is 0 Å². The fraction of sp³-hybridized carbons (Fsp3) is 0.423. The number of benzene rings is 2. The van der Waals surface area contributed by atoms with Crippen LogP contribution in [0.3, 0.4) is 0 Å². The Morgan fingerprint density at radius 1 is 1.06 bits per heavy atom. The van der Waals surface area contributed by atoms with Crippen LogP contribution in [0.15, 0.2) is 48.5 Å². The maximum Gasteiger partial charge on any atom is 0.128 e. The van der Waals surface area contributed by atoms with Crippen molar-refractivity contribution in [3.63, 3.8) is 0 Å². The topological polar surface area (TPSA) is 59.8 Å². The number of hydrogen-bond acceptors (Lipinski definition) is 5. The summed E-state index contributed by atoms with van der Waals surface area (Å²) in [6, 6.07) is 14.3. The van der Waals surface area contributed by atoms with Crippen molar-refractivity contribution in [2.45, 2.75) is 46.4 Å². The molecule has 0 spiro atoms. The summed E-state index contributed by atoms with van der Waals surface area (Å²) >= 11 is 0. The number of rotatable bonds is 12. The first kappa shape index (κ1) is 24.7. The summed E-state index contributed by atoms with van der Waals surface area (Å²) < 4.78 is 27.0. The van der Waals surface area contributed by atoms with Crippen molar-refractivity contribution in [1.82, 2.24) is 14.7 Å². The molecule has 2 aromatic carbocycles. The third kappa shape index (κ3) is 7.04. The normalized spacial score (nSPS) is 12.2. The van der Waals surface area contributed by atoms with Crippen molar-refractivity contribution >= 4 is 0 Å². The minimum Gasteiger partial charge on any atom is -0.494 e. The van der Waals surface area contributed by atoms with Crippen molar-refractivity contribution in [2.75, 3.05) is 26.8 Å². The number of likely N-dealkylation sites (N-methyl/N-ethyl adjacent to an activating group) is 1. The fourth-order valence-corrected chi connectivity index (χ4v) is 3.80. The van der Waals surface area contributed by atoms with Gasteiger partial charge in [0.25, 0.3) is 0 Å². The van der Waals surface area contributed by atoms with Crippen molar-refractivity contribution < 1.29 is 19.0 Å². The summed E-state index contributed by atoms with van der Waals surface area (Å²) in [6.07, 6.45) is 0.0222. The lowest BCUT2D eigenvalue weighted by atomic mass is 10.1. The van der Waals surface area contributed by atoms with Crippen LogP contribution in [0.2, 0.25) is 0 Å². The van der Waals surface area contributed by atoms with Gasteiger partial charge in [0, 0.05) is 36.3 Å². The van der Waals surface area contributed by atoms with Crippen molar-refractivity contribution in [1.29, 1.82) is 0 Å². The molecule has 3 aromatic rings. The molecule has 178 valence electrons. The number of aliphatic hydroxyl groups is 1. The van der Waals surface area contributed by atoms with Crippen LogP contribution < -0.4 is 9.47 Å². The summed E-state index contributed by atoms with van der Waals surface area (Å²) in [5.41, 5.74) is 3.65. The molecule has 0 saturated heterocycles.